The van der Waals surface area contributed by atoms with Crippen molar-refractivity contribution in [2.75, 3.05) is 0 Å². The van der Waals surface area contributed by atoms with E-state index >= 15 is 0 Å². The summed E-state index contributed by atoms with van der Waals surface area (Å²) in [5, 5.41) is 0. The Labute approximate surface area is 129 Å². The third-order valence-corrected chi connectivity index (χ3v) is 3.58. The van der Waals surface area contributed by atoms with E-state index in [-0.39, 0.29) is 24.1 Å². The second-order valence-corrected chi connectivity index (χ2v) is 5.69. The van der Waals surface area contributed by atoms with Crippen molar-refractivity contribution in [1.82, 2.24) is 0 Å². The van der Waals surface area contributed by atoms with Crippen LogP contribution in [-0.4, -0.2) is 24.1 Å². The molecule has 0 aromatic carbocycles. The Morgan fingerprint density at radius 1 is 0.714 bits per heavy atom. The largest absolute Gasteiger partial charge is 0.463 e. The van der Waals surface area contributed by atoms with Crippen LogP contribution in [0.3, 0.4) is 0 Å². The van der Waals surface area contributed by atoms with Crippen LogP contribution in [0.25, 0.3) is 0 Å². The molecule has 0 aliphatic heterocycles. The molecule has 4 heteroatoms. The van der Waals surface area contributed by atoms with Crippen molar-refractivity contribution >= 4 is 11.9 Å². The van der Waals surface area contributed by atoms with Gasteiger partial charge in [-0.15, -0.1) is 0 Å². The zero-order valence-electron chi connectivity index (χ0n) is 14.2. The number of carbonyl (C=O) groups excluding carboxylic acids is 2. The lowest BCUT2D eigenvalue weighted by Crippen LogP contribution is -2.13. The average molecular weight is 300 g/mol. The van der Waals surface area contributed by atoms with Gasteiger partial charge in [-0.05, 0) is 39.5 Å². The molecule has 0 radical (unpaired) electrons. The van der Waals surface area contributed by atoms with E-state index in [0.29, 0.717) is 12.8 Å². The third kappa shape index (κ3) is 12.4. The molecule has 0 heterocycles. The first-order valence-corrected chi connectivity index (χ1v) is 8.38. The van der Waals surface area contributed by atoms with E-state index in [1.807, 2.05) is 27.7 Å². The van der Waals surface area contributed by atoms with Gasteiger partial charge < -0.3 is 9.47 Å². The monoisotopic (exact) mass is 300 g/mol. The molecule has 0 aliphatic rings. The Hall–Kier alpha value is -1.06. The van der Waals surface area contributed by atoms with Crippen LogP contribution < -0.4 is 0 Å². The molecule has 0 unspecified atom stereocenters. The summed E-state index contributed by atoms with van der Waals surface area (Å²) in [5.74, 6) is -0.192. The smallest absolute Gasteiger partial charge is 0.306 e. The normalized spacial score (nSPS) is 13.5. The molecule has 0 N–H and O–H groups in total. The first-order valence-electron chi connectivity index (χ1n) is 8.38. The fourth-order valence-corrected chi connectivity index (χ4v) is 1.80. The van der Waals surface area contributed by atoms with Crippen molar-refractivity contribution in [2.24, 2.45) is 0 Å². The second-order valence-electron chi connectivity index (χ2n) is 5.69. The van der Waals surface area contributed by atoms with E-state index in [4.69, 9.17) is 9.47 Å². The van der Waals surface area contributed by atoms with Gasteiger partial charge in [0.25, 0.3) is 0 Å². The fraction of sp³-hybridized carbons (Fsp3) is 0.882. The first-order chi connectivity index (χ1) is 9.99. The summed E-state index contributed by atoms with van der Waals surface area (Å²) in [6.45, 7) is 7.83. The molecule has 0 aliphatic carbocycles. The van der Waals surface area contributed by atoms with Crippen LogP contribution in [0, 0.1) is 0 Å². The van der Waals surface area contributed by atoms with Gasteiger partial charge in [0.1, 0.15) is 0 Å². The fourth-order valence-electron chi connectivity index (χ4n) is 1.80. The lowest BCUT2D eigenvalue weighted by Gasteiger charge is -2.11. The highest BCUT2D eigenvalue weighted by molar-refractivity contribution is 5.69. The molecule has 0 saturated heterocycles. The number of rotatable bonds is 12. The second kappa shape index (κ2) is 12.7. The summed E-state index contributed by atoms with van der Waals surface area (Å²) in [6, 6.07) is 0. The molecule has 0 amide bonds. The van der Waals surface area contributed by atoms with Gasteiger partial charge in [-0.25, -0.2) is 0 Å². The highest BCUT2D eigenvalue weighted by atomic mass is 16.5. The molecule has 21 heavy (non-hydrogen) atoms. The molecular weight excluding hydrogens is 268 g/mol. The molecule has 4 nitrogen and oxygen atoms in total. The van der Waals surface area contributed by atoms with Gasteiger partial charge in [-0.3, -0.25) is 9.59 Å². The number of unbranched alkanes of at least 4 members (excludes halogenated alkanes) is 4. The van der Waals surface area contributed by atoms with Crippen LogP contribution >= 0.6 is 0 Å². The number of hydrogen-bond acceptors (Lipinski definition) is 4. The molecular formula is C17H32O4. The Morgan fingerprint density at radius 3 is 1.38 bits per heavy atom. The summed E-state index contributed by atoms with van der Waals surface area (Å²) in [6.07, 6.45) is 7.57. The minimum atomic E-state index is -0.0959. The number of ether oxygens (including phenoxy) is 2. The van der Waals surface area contributed by atoms with Crippen molar-refractivity contribution in [3.63, 3.8) is 0 Å². The Kier molecular flexibility index (Phi) is 12.0. The maximum absolute atomic E-state index is 11.4. The van der Waals surface area contributed by atoms with Gasteiger partial charge in [-0.2, -0.15) is 0 Å². The minimum absolute atomic E-state index is 0.0222. The molecule has 2 atom stereocenters. The molecule has 0 saturated carbocycles. The SMILES string of the molecule is CC[C@@H](C)OC(=O)CCCCCCCC(=O)O[C@@H](C)CC. The van der Waals surface area contributed by atoms with Gasteiger partial charge in [0.05, 0.1) is 12.2 Å². The van der Waals surface area contributed by atoms with Crippen LogP contribution in [-0.2, 0) is 19.1 Å². The molecule has 0 aromatic heterocycles. The lowest BCUT2D eigenvalue weighted by atomic mass is 10.1. The van der Waals surface area contributed by atoms with Gasteiger partial charge in [0.2, 0.25) is 0 Å². The van der Waals surface area contributed by atoms with Gasteiger partial charge in [0.15, 0.2) is 0 Å². The van der Waals surface area contributed by atoms with Crippen molar-refractivity contribution in [2.45, 2.75) is 97.7 Å². The quantitative estimate of drug-likeness (QED) is 0.396. The highest BCUT2D eigenvalue weighted by Gasteiger charge is 2.08. The molecule has 0 bridgehead atoms. The summed E-state index contributed by atoms with van der Waals surface area (Å²) in [4.78, 5) is 22.9. The van der Waals surface area contributed by atoms with E-state index in [2.05, 4.69) is 0 Å². The Bertz CT molecular complexity index is 261. The number of carbonyl (C=O) groups is 2. The zero-order chi connectivity index (χ0) is 16.1. The molecule has 0 spiro atoms. The average Bonchev–Trinajstić information content (AvgIpc) is 2.45. The lowest BCUT2D eigenvalue weighted by molar-refractivity contribution is -0.149. The summed E-state index contributed by atoms with van der Waals surface area (Å²) in [7, 11) is 0. The van der Waals surface area contributed by atoms with Gasteiger partial charge in [0, 0.05) is 12.8 Å². The van der Waals surface area contributed by atoms with Crippen molar-refractivity contribution < 1.29 is 19.1 Å². The Morgan fingerprint density at radius 2 is 1.05 bits per heavy atom. The minimum Gasteiger partial charge on any atom is -0.463 e. The van der Waals surface area contributed by atoms with Crippen LogP contribution in [0.2, 0.25) is 0 Å². The van der Waals surface area contributed by atoms with E-state index in [1.54, 1.807) is 0 Å². The van der Waals surface area contributed by atoms with E-state index < -0.39 is 0 Å². The van der Waals surface area contributed by atoms with Crippen LogP contribution in [0.1, 0.15) is 85.5 Å². The predicted octanol–water partition coefficient (Wildman–Crippen LogP) is 4.40. The summed E-state index contributed by atoms with van der Waals surface area (Å²) < 4.78 is 10.4. The summed E-state index contributed by atoms with van der Waals surface area (Å²) >= 11 is 0. The molecule has 0 fully saturated rings. The van der Waals surface area contributed by atoms with E-state index in [1.165, 1.54) is 0 Å². The maximum Gasteiger partial charge on any atom is 0.306 e. The zero-order valence-corrected chi connectivity index (χ0v) is 14.2. The standard InChI is InChI=1S/C17H32O4/c1-5-14(3)20-16(18)12-10-8-7-9-11-13-17(19)21-15(4)6-2/h14-15H,5-13H2,1-4H3/t14-,15+. The van der Waals surface area contributed by atoms with Crippen LogP contribution in [0.4, 0.5) is 0 Å². The third-order valence-electron chi connectivity index (χ3n) is 3.58. The molecule has 124 valence electrons. The number of hydrogen-bond donors (Lipinski definition) is 0. The number of esters is 2. The summed E-state index contributed by atoms with van der Waals surface area (Å²) in [5.41, 5.74) is 0. The Balaban J connectivity index is 3.40. The maximum atomic E-state index is 11.4. The first kappa shape index (κ1) is 19.9. The molecule has 0 aromatic rings. The van der Waals surface area contributed by atoms with Crippen molar-refractivity contribution in [1.29, 1.82) is 0 Å². The highest BCUT2D eigenvalue weighted by Crippen LogP contribution is 2.10. The predicted molar refractivity (Wildman–Crippen MR) is 84.0 cm³/mol. The van der Waals surface area contributed by atoms with Crippen molar-refractivity contribution in [3.8, 4) is 0 Å². The topological polar surface area (TPSA) is 52.6 Å². The molecule has 0 rings (SSSR count). The van der Waals surface area contributed by atoms with E-state index in [9.17, 15) is 9.59 Å². The van der Waals surface area contributed by atoms with Crippen LogP contribution in [0.5, 0.6) is 0 Å². The van der Waals surface area contributed by atoms with E-state index in [0.717, 1.165) is 44.9 Å². The van der Waals surface area contributed by atoms with Crippen LogP contribution in [0.15, 0.2) is 0 Å². The van der Waals surface area contributed by atoms with Crippen molar-refractivity contribution in [3.05, 3.63) is 0 Å². The van der Waals surface area contributed by atoms with Gasteiger partial charge >= 0.3 is 11.9 Å². The van der Waals surface area contributed by atoms with Gasteiger partial charge in [-0.1, -0.05) is 33.1 Å².